The molecule has 0 aromatic heterocycles. The molecule has 0 saturated carbocycles. The first-order chi connectivity index (χ1) is 9.68. The monoisotopic (exact) mass is 276 g/mol. The van der Waals surface area contributed by atoms with E-state index in [1.807, 2.05) is 12.1 Å². The third-order valence-corrected chi connectivity index (χ3v) is 4.05. The van der Waals surface area contributed by atoms with Crippen LogP contribution in [-0.2, 0) is 17.7 Å². The molecule has 20 heavy (non-hydrogen) atoms. The standard InChI is InChI=1S/C15H20N2O3/c18-14(17-9-15(19)5-7-20-10-15)13-3-1-2-11-8-16-6-4-12(11)13/h1-3,16,19H,4-10H2,(H,17,18). The van der Waals surface area contributed by atoms with E-state index in [-0.39, 0.29) is 12.5 Å². The summed E-state index contributed by atoms with van der Waals surface area (Å²) < 4.78 is 5.18. The molecule has 1 aromatic rings. The van der Waals surface area contributed by atoms with E-state index < -0.39 is 5.60 Å². The van der Waals surface area contributed by atoms with Crippen molar-refractivity contribution < 1.29 is 14.6 Å². The van der Waals surface area contributed by atoms with Crippen molar-refractivity contribution in [3.63, 3.8) is 0 Å². The van der Waals surface area contributed by atoms with E-state index in [4.69, 9.17) is 4.74 Å². The van der Waals surface area contributed by atoms with Crippen LogP contribution in [0.25, 0.3) is 0 Å². The van der Waals surface area contributed by atoms with Crippen molar-refractivity contribution in [2.45, 2.75) is 25.0 Å². The van der Waals surface area contributed by atoms with Crippen LogP contribution in [0.15, 0.2) is 18.2 Å². The summed E-state index contributed by atoms with van der Waals surface area (Å²) in [6.45, 7) is 2.81. The summed E-state index contributed by atoms with van der Waals surface area (Å²) in [5.74, 6) is -0.107. The van der Waals surface area contributed by atoms with E-state index in [1.54, 1.807) is 0 Å². The molecule has 2 aliphatic rings. The molecule has 0 radical (unpaired) electrons. The fourth-order valence-electron chi connectivity index (χ4n) is 2.82. The van der Waals surface area contributed by atoms with Gasteiger partial charge in [0.15, 0.2) is 0 Å². The third kappa shape index (κ3) is 2.70. The van der Waals surface area contributed by atoms with Gasteiger partial charge in [-0.15, -0.1) is 0 Å². The lowest BCUT2D eigenvalue weighted by atomic mass is 9.95. The predicted octanol–water partition coefficient (Wildman–Crippen LogP) is 0.213. The number of hydrogen-bond acceptors (Lipinski definition) is 4. The molecular formula is C15H20N2O3. The second-order valence-corrected chi connectivity index (χ2v) is 5.58. The van der Waals surface area contributed by atoms with E-state index in [0.29, 0.717) is 19.6 Å². The zero-order valence-electron chi connectivity index (χ0n) is 11.4. The summed E-state index contributed by atoms with van der Waals surface area (Å²) in [6, 6.07) is 5.82. The van der Waals surface area contributed by atoms with Crippen LogP contribution in [0.2, 0.25) is 0 Å². The molecule has 0 aliphatic carbocycles. The van der Waals surface area contributed by atoms with Gasteiger partial charge >= 0.3 is 0 Å². The molecule has 5 heteroatoms. The number of nitrogens with one attached hydrogen (secondary N) is 2. The average Bonchev–Trinajstić information content (AvgIpc) is 2.91. The molecule has 5 nitrogen and oxygen atoms in total. The molecule has 2 aliphatic heterocycles. The second kappa shape index (κ2) is 5.52. The Kier molecular flexibility index (Phi) is 3.74. The first kappa shape index (κ1) is 13.5. The van der Waals surface area contributed by atoms with E-state index >= 15 is 0 Å². The first-order valence-electron chi connectivity index (χ1n) is 7.08. The van der Waals surface area contributed by atoms with Gasteiger partial charge in [-0.1, -0.05) is 12.1 Å². The lowest BCUT2D eigenvalue weighted by molar-refractivity contribution is 0.0264. The molecule has 3 N–H and O–H groups in total. The topological polar surface area (TPSA) is 70.6 Å². The molecule has 0 spiro atoms. The smallest absolute Gasteiger partial charge is 0.251 e. The van der Waals surface area contributed by atoms with Gasteiger partial charge in [0.2, 0.25) is 0 Å². The Hall–Kier alpha value is -1.43. The van der Waals surface area contributed by atoms with Crippen LogP contribution >= 0.6 is 0 Å². The zero-order valence-corrected chi connectivity index (χ0v) is 11.4. The molecule has 2 heterocycles. The van der Waals surface area contributed by atoms with Crippen LogP contribution in [0.1, 0.15) is 27.9 Å². The van der Waals surface area contributed by atoms with E-state index in [1.165, 1.54) is 5.56 Å². The van der Waals surface area contributed by atoms with E-state index in [2.05, 4.69) is 16.7 Å². The Labute approximate surface area is 118 Å². The maximum Gasteiger partial charge on any atom is 0.251 e. The predicted molar refractivity (Wildman–Crippen MR) is 74.6 cm³/mol. The van der Waals surface area contributed by atoms with Gasteiger partial charge in [0.05, 0.1) is 6.61 Å². The number of carbonyl (C=O) groups is 1. The van der Waals surface area contributed by atoms with E-state index in [9.17, 15) is 9.90 Å². The molecule has 1 amide bonds. The minimum Gasteiger partial charge on any atom is -0.386 e. The van der Waals surface area contributed by atoms with Crippen molar-refractivity contribution in [2.24, 2.45) is 0 Å². The Balaban J connectivity index is 1.71. The Morgan fingerprint density at radius 3 is 3.20 bits per heavy atom. The van der Waals surface area contributed by atoms with E-state index in [0.717, 1.165) is 30.6 Å². The lowest BCUT2D eigenvalue weighted by Gasteiger charge is -2.23. The molecule has 1 unspecified atom stereocenters. The van der Waals surface area contributed by atoms with Crippen LogP contribution in [0.5, 0.6) is 0 Å². The normalized spacial score (nSPS) is 25.2. The van der Waals surface area contributed by atoms with Crippen LogP contribution < -0.4 is 10.6 Å². The molecule has 1 fully saturated rings. The van der Waals surface area contributed by atoms with Gasteiger partial charge in [0.25, 0.3) is 5.91 Å². The molecule has 1 atom stereocenters. The second-order valence-electron chi connectivity index (χ2n) is 5.58. The molecule has 1 aromatic carbocycles. The Morgan fingerprint density at radius 2 is 2.40 bits per heavy atom. The Bertz CT molecular complexity index is 510. The quantitative estimate of drug-likeness (QED) is 0.738. The fraction of sp³-hybridized carbons (Fsp3) is 0.533. The van der Waals surface area contributed by atoms with Crippen molar-refractivity contribution in [1.29, 1.82) is 0 Å². The van der Waals surface area contributed by atoms with Gasteiger partial charge in [-0.2, -0.15) is 0 Å². The number of fused-ring (bicyclic) bond motifs is 1. The average molecular weight is 276 g/mol. The van der Waals surface area contributed by atoms with Crippen LogP contribution in [0.4, 0.5) is 0 Å². The lowest BCUT2D eigenvalue weighted by Crippen LogP contribution is -2.43. The molecule has 108 valence electrons. The van der Waals surface area contributed by atoms with Gasteiger partial charge in [-0.25, -0.2) is 0 Å². The molecule has 0 bridgehead atoms. The summed E-state index contributed by atoms with van der Waals surface area (Å²) in [5, 5.41) is 16.3. The van der Waals surface area contributed by atoms with Crippen molar-refractivity contribution in [1.82, 2.24) is 10.6 Å². The highest BCUT2D eigenvalue weighted by Gasteiger charge is 2.32. The van der Waals surface area contributed by atoms with Crippen molar-refractivity contribution in [3.05, 3.63) is 34.9 Å². The van der Waals surface area contributed by atoms with Crippen LogP contribution in [0.3, 0.4) is 0 Å². The number of ether oxygens (including phenoxy) is 1. The number of carbonyl (C=O) groups excluding carboxylic acids is 1. The zero-order chi connectivity index (χ0) is 14.0. The minimum atomic E-state index is -0.911. The Morgan fingerprint density at radius 1 is 1.50 bits per heavy atom. The number of aliphatic hydroxyl groups is 1. The maximum absolute atomic E-state index is 12.3. The highest BCUT2D eigenvalue weighted by molar-refractivity contribution is 5.96. The highest BCUT2D eigenvalue weighted by atomic mass is 16.5. The van der Waals surface area contributed by atoms with Crippen LogP contribution in [-0.4, -0.2) is 42.9 Å². The summed E-state index contributed by atoms with van der Waals surface area (Å²) in [4.78, 5) is 12.3. The van der Waals surface area contributed by atoms with Gasteiger partial charge < -0.3 is 20.5 Å². The highest BCUT2D eigenvalue weighted by Crippen LogP contribution is 2.20. The summed E-state index contributed by atoms with van der Waals surface area (Å²) >= 11 is 0. The molecular weight excluding hydrogens is 256 g/mol. The van der Waals surface area contributed by atoms with Gasteiger partial charge in [0.1, 0.15) is 5.60 Å². The number of benzene rings is 1. The van der Waals surface area contributed by atoms with Crippen molar-refractivity contribution >= 4 is 5.91 Å². The number of hydrogen-bond donors (Lipinski definition) is 3. The first-order valence-corrected chi connectivity index (χ1v) is 7.08. The van der Waals surface area contributed by atoms with Crippen LogP contribution in [0, 0.1) is 0 Å². The summed E-state index contributed by atoms with van der Waals surface area (Å²) in [6.07, 6.45) is 1.44. The fourth-order valence-corrected chi connectivity index (χ4v) is 2.82. The van der Waals surface area contributed by atoms with Crippen molar-refractivity contribution in [3.8, 4) is 0 Å². The minimum absolute atomic E-state index is 0.107. The number of amides is 1. The number of rotatable bonds is 3. The SMILES string of the molecule is O=C(NCC1(O)CCOC1)c1cccc2c1CCNC2. The summed E-state index contributed by atoms with van der Waals surface area (Å²) in [7, 11) is 0. The molecule has 3 rings (SSSR count). The van der Waals surface area contributed by atoms with Gasteiger partial charge in [0, 0.05) is 31.7 Å². The third-order valence-electron chi connectivity index (χ3n) is 4.05. The van der Waals surface area contributed by atoms with Gasteiger partial charge in [-0.05, 0) is 30.2 Å². The molecule has 1 saturated heterocycles. The van der Waals surface area contributed by atoms with Gasteiger partial charge in [-0.3, -0.25) is 4.79 Å². The summed E-state index contributed by atoms with van der Waals surface area (Å²) in [5.41, 5.74) is 2.13. The van der Waals surface area contributed by atoms with Crippen molar-refractivity contribution in [2.75, 3.05) is 26.3 Å². The largest absolute Gasteiger partial charge is 0.386 e. The maximum atomic E-state index is 12.3.